The van der Waals surface area contributed by atoms with E-state index in [2.05, 4.69) is 119 Å². The first kappa shape index (κ1) is 22.1. The third-order valence-electron chi connectivity index (χ3n) is 5.21. The van der Waals surface area contributed by atoms with Crippen molar-refractivity contribution < 1.29 is 43.1 Å². The lowest BCUT2D eigenvalue weighted by Gasteiger charge is -2.03. The summed E-state index contributed by atoms with van der Waals surface area (Å²) >= 11 is 0. The van der Waals surface area contributed by atoms with E-state index in [1.54, 1.807) is 0 Å². The van der Waals surface area contributed by atoms with Crippen molar-refractivity contribution in [2.45, 2.75) is 13.1 Å². The highest BCUT2D eigenvalue weighted by molar-refractivity contribution is 5.81. The molecule has 0 spiro atoms. The van der Waals surface area contributed by atoms with Crippen LogP contribution in [0.3, 0.4) is 0 Å². The zero-order valence-electron chi connectivity index (χ0n) is 16.5. The number of rotatable bonds is 4. The summed E-state index contributed by atoms with van der Waals surface area (Å²) in [5.41, 5.74) is 2.64. The summed E-state index contributed by atoms with van der Waals surface area (Å²) in [6.45, 7) is 1.75. The van der Waals surface area contributed by atoms with Gasteiger partial charge in [0, 0.05) is 34.0 Å². The number of fused-ring (bicyclic) bond motifs is 2. The van der Waals surface area contributed by atoms with Crippen LogP contribution in [0.15, 0.2) is 110 Å². The third kappa shape index (κ3) is 4.94. The maximum atomic E-state index is 2.31. The Labute approximate surface area is 198 Å². The standard InChI is InChI=1S/C26H22N2.2BrH/c1-3-10-25-19-27(14-12-23(25)8-1)17-21-6-5-7-22(16-21)18-28-15-13-24-9-2-4-11-26(24)20-28;;/h1-16,19-20H,17-18H2;2*1H/q+2;;/p-2. The Kier molecular flexibility index (Phi) is 7.35. The molecule has 0 radical (unpaired) electrons. The normalized spacial score (nSPS) is 10.4. The number of nitrogens with zero attached hydrogens (tertiary/aromatic N) is 2. The first-order valence-corrected chi connectivity index (χ1v) is 9.67. The van der Waals surface area contributed by atoms with Gasteiger partial charge in [0.25, 0.3) is 0 Å². The Morgan fingerprint density at radius 1 is 0.467 bits per heavy atom. The molecule has 4 heteroatoms. The molecule has 3 aromatic carbocycles. The van der Waals surface area contributed by atoms with Crippen molar-refractivity contribution in [2.24, 2.45) is 0 Å². The van der Waals surface area contributed by atoms with E-state index >= 15 is 0 Å². The molecule has 0 bridgehead atoms. The molecule has 0 aliphatic heterocycles. The van der Waals surface area contributed by atoms with Crippen LogP contribution < -0.4 is 43.1 Å². The number of hydrogen-bond acceptors (Lipinski definition) is 0. The van der Waals surface area contributed by atoms with Gasteiger partial charge >= 0.3 is 0 Å². The van der Waals surface area contributed by atoms with Gasteiger partial charge in [-0.1, -0.05) is 54.6 Å². The maximum Gasteiger partial charge on any atom is 0.176 e. The Balaban J connectivity index is 0.00000128. The van der Waals surface area contributed by atoms with Gasteiger partial charge in [0.05, 0.1) is 0 Å². The molecule has 150 valence electrons. The molecule has 0 amide bonds. The van der Waals surface area contributed by atoms with E-state index in [1.807, 2.05) is 0 Å². The smallest absolute Gasteiger partial charge is 0.176 e. The molecular weight excluding hydrogens is 500 g/mol. The second-order valence-corrected chi connectivity index (χ2v) is 7.31. The Morgan fingerprint density at radius 3 is 1.37 bits per heavy atom. The summed E-state index contributed by atoms with van der Waals surface area (Å²) in [5.74, 6) is 0. The SMILES string of the molecule is [Br-].[Br-].c1cc(C[n+]2ccc3ccccc3c2)cc(C[n+]2ccc3ccccc3c2)c1. The highest BCUT2D eigenvalue weighted by atomic mass is 79.9. The maximum absolute atomic E-state index is 2.31. The quantitative estimate of drug-likeness (QED) is 0.259. The van der Waals surface area contributed by atoms with Crippen LogP contribution in [0, 0.1) is 0 Å². The summed E-state index contributed by atoms with van der Waals surface area (Å²) < 4.78 is 4.51. The average molecular weight is 522 g/mol. The van der Waals surface area contributed by atoms with Gasteiger partial charge in [-0.2, -0.15) is 0 Å². The molecule has 5 rings (SSSR count). The molecule has 0 atom stereocenters. The second-order valence-electron chi connectivity index (χ2n) is 7.31. The number of hydrogen-bond donors (Lipinski definition) is 0. The third-order valence-corrected chi connectivity index (χ3v) is 5.21. The van der Waals surface area contributed by atoms with Crippen LogP contribution in [0.2, 0.25) is 0 Å². The molecule has 0 aliphatic carbocycles. The van der Waals surface area contributed by atoms with Crippen LogP contribution in [0.4, 0.5) is 0 Å². The van der Waals surface area contributed by atoms with Crippen molar-refractivity contribution in [3.05, 3.63) is 121 Å². The second kappa shape index (κ2) is 9.96. The van der Waals surface area contributed by atoms with Crippen LogP contribution in [-0.4, -0.2) is 0 Å². The molecule has 0 N–H and O–H groups in total. The number of benzene rings is 3. The predicted molar refractivity (Wildman–Crippen MR) is 113 cm³/mol. The van der Waals surface area contributed by atoms with Crippen LogP contribution in [0.5, 0.6) is 0 Å². The van der Waals surface area contributed by atoms with Crippen molar-refractivity contribution in [3.8, 4) is 0 Å². The van der Waals surface area contributed by atoms with Gasteiger partial charge in [-0.25, -0.2) is 9.13 Å². The van der Waals surface area contributed by atoms with Gasteiger partial charge in [-0.05, 0) is 29.0 Å². The molecule has 0 aliphatic rings. The lowest BCUT2D eigenvalue weighted by atomic mass is 10.1. The van der Waals surface area contributed by atoms with Crippen LogP contribution in [0.1, 0.15) is 11.1 Å². The van der Waals surface area contributed by atoms with Crippen LogP contribution in [-0.2, 0) is 13.1 Å². The Morgan fingerprint density at radius 2 is 0.900 bits per heavy atom. The van der Waals surface area contributed by atoms with Gasteiger partial charge in [0.15, 0.2) is 37.9 Å². The Hall–Kier alpha value is -2.56. The highest BCUT2D eigenvalue weighted by Crippen LogP contribution is 2.12. The van der Waals surface area contributed by atoms with E-state index in [-0.39, 0.29) is 34.0 Å². The van der Waals surface area contributed by atoms with E-state index in [9.17, 15) is 0 Å². The molecule has 2 heterocycles. The number of pyridine rings is 2. The number of aromatic nitrogens is 2. The minimum absolute atomic E-state index is 0. The average Bonchev–Trinajstić information content (AvgIpc) is 2.74. The zero-order valence-corrected chi connectivity index (χ0v) is 19.6. The highest BCUT2D eigenvalue weighted by Gasteiger charge is 2.08. The predicted octanol–water partition coefficient (Wildman–Crippen LogP) is -1.33. The number of halogens is 2. The zero-order chi connectivity index (χ0) is 18.8. The fraction of sp³-hybridized carbons (Fsp3) is 0.0769. The first-order valence-electron chi connectivity index (χ1n) is 9.67. The van der Waals surface area contributed by atoms with Gasteiger partial charge < -0.3 is 34.0 Å². The molecular formula is C26H22Br2N2. The molecule has 2 nitrogen and oxygen atoms in total. The van der Waals surface area contributed by atoms with Gasteiger partial charge in [-0.3, -0.25) is 0 Å². The van der Waals surface area contributed by atoms with Crippen molar-refractivity contribution in [1.82, 2.24) is 0 Å². The fourth-order valence-corrected chi connectivity index (χ4v) is 3.80. The van der Waals surface area contributed by atoms with E-state index in [0.717, 1.165) is 13.1 Å². The summed E-state index contributed by atoms with van der Waals surface area (Å²) in [6.07, 6.45) is 8.76. The monoisotopic (exact) mass is 520 g/mol. The van der Waals surface area contributed by atoms with Gasteiger partial charge in [0.1, 0.15) is 0 Å². The van der Waals surface area contributed by atoms with Crippen LogP contribution >= 0.6 is 0 Å². The summed E-state index contributed by atoms with van der Waals surface area (Å²) in [4.78, 5) is 0. The topological polar surface area (TPSA) is 7.76 Å². The van der Waals surface area contributed by atoms with Crippen molar-refractivity contribution in [1.29, 1.82) is 0 Å². The summed E-state index contributed by atoms with van der Waals surface area (Å²) in [6, 6.07) is 30.2. The van der Waals surface area contributed by atoms with Crippen molar-refractivity contribution >= 4 is 21.5 Å². The fourth-order valence-electron chi connectivity index (χ4n) is 3.80. The van der Waals surface area contributed by atoms with Crippen LogP contribution in [0.25, 0.3) is 21.5 Å². The van der Waals surface area contributed by atoms with E-state index < -0.39 is 0 Å². The largest absolute Gasteiger partial charge is 1.00 e. The van der Waals surface area contributed by atoms with Gasteiger partial charge in [0.2, 0.25) is 0 Å². The van der Waals surface area contributed by atoms with Gasteiger partial charge in [-0.15, -0.1) is 0 Å². The first-order chi connectivity index (χ1) is 13.8. The molecule has 0 fully saturated rings. The van der Waals surface area contributed by atoms with E-state index in [4.69, 9.17) is 0 Å². The minimum Gasteiger partial charge on any atom is -1.00 e. The lowest BCUT2D eigenvalue weighted by molar-refractivity contribution is -0.688. The summed E-state index contributed by atoms with van der Waals surface area (Å²) in [7, 11) is 0. The van der Waals surface area contributed by atoms with Crippen molar-refractivity contribution in [3.63, 3.8) is 0 Å². The van der Waals surface area contributed by atoms with Crippen molar-refractivity contribution in [2.75, 3.05) is 0 Å². The molecule has 0 saturated heterocycles. The molecule has 30 heavy (non-hydrogen) atoms. The molecule has 0 unspecified atom stereocenters. The molecule has 2 aromatic heterocycles. The molecule has 0 saturated carbocycles. The van der Waals surface area contributed by atoms with E-state index in [0.29, 0.717) is 0 Å². The molecule has 5 aromatic rings. The summed E-state index contributed by atoms with van der Waals surface area (Å²) in [5, 5.41) is 5.10. The minimum atomic E-state index is 0. The Bertz CT molecular complexity index is 1190. The van der Waals surface area contributed by atoms with E-state index in [1.165, 1.54) is 32.7 Å². The lowest BCUT2D eigenvalue weighted by Crippen LogP contribution is -3.00.